The standard InChI is InChI=1S/C59H69N7O18/c1-32-23-33(2)25-37(24-32)49-47-36(18-20-62-47)27-66(49)84-51-54(81-39-15-16-40-45(26-39)80-29-41(50(40)74)34-10-13-38(72)14-11-34)82-55(57(78,30-70)59(51,79)46(73)9-5-21-67)58(31-71,83-53(77)48(52(75)76)61-19-6-22-68)65-56(60)64-44(28-69)43-17-12-35-7-3-4-8-42(35)63-43/h10-18,20,22-29,35,42-44,46,48,51,54-55,61-63,67,70-73,78-79H,3-9,19,21,30-31H2,1-2H3,(H,75,76)(H3,60,64,65). The van der Waals surface area contributed by atoms with Gasteiger partial charge in [0.25, 0.3) is 0 Å². The highest BCUT2D eigenvalue weighted by molar-refractivity contribution is 5.99. The Morgan fingerprint density at radius 2 is 1.75 bits per heavy atom. The molecule has 0 radical (unpaired) electrons. The van der Waals surface area contributed by atoms with Crippen LogP contribution in [-0.2, 0) is 28.7 Å². The number of aldehydes is 2. The van der Waals surface area contributed by atoms with E-state index in [1.807, 2.05) is 38.1 Å². The number of aliphatic hydroxyl groups excluding tert-OH is 4. The van der Waals surface area contributed by atoms with E-state index < -0.39 is 116 Å². The number of hydrogen-bond donors (Lipinski definition) is 13. The summed E-state index contributed by atoms with van der Waals surface area (Å²) in [5.74, 6) is -4.48. The Hall–Kier alpha value is -7.98. The van der Waals surface area contributed by atoms with Crippen LogP contribution in [0.4, 0.5) is 0 Å². The predicted octanol–water partition coefficient (Wildman–Crippen LogP) is 1.34. The lowest BCUT2D eigenvalue weighted by molar-refractivity contribution is -0.400. The number of fused-ring (bicyclic) bond motifs is 3. The Morgan fingerprint density at radius 1 is 1.00 bits per heavy atom. The van der Waals surface area contributed by atoms with Crippen molar-refractivity contribution >= 4 is 52.3 Å². The van der Waals surface area contributed by atoms with Crippen LogP contribution in [0.5, 0.6) is 11.5 Å². The average molecular weight is 1160 g/mol. The summed E-state index contributed by atoms with van der Waals surface area (Å²) in [6.07, 6.45) is 1.94. The first kappa shape index (κ1) is 60.6. The van der Waals surface area contributed by atoms with E-state index in [1.54, 1.807) is 18.3 Å². The van der Waals surface area contributed by atoms with Crippen molar-refractivity contribution in [3.05, 3.63) is 119 Å². The van der Waals surface area contributed by atoms with Crippen LogP contribution in [0.3, 0.4) is 0 Å². The third kappa shape index (κ3) is 11.9. The normalized spacial score (nSPS) is 25.2. The minimum Gasteiger partial charge on any atom is -0.508 e. The summed E-state index contributed by atoms with van der Waals surface area (Å²) in [5.41, 5.74) is -0.495. The molecule has 25 nitrogen and oxygen atoms in total. The summed E-state index contributed by atoms with van der Waals surface area (Å²) in [7, 11) is 0. The van der Waals surface area contributed by atoms with Crippen molar-refractivity contribution in [3.8, 4) is 33.9 Å². The fraction of sp³-hybridized carbons (Fsp3) is 0.424. The van der Waals surface area contributed by atoms with Gasteiger partial charge in [0.2, 0.25) is 24.2 Å². The van der Waals surface area contributed by atoms with Gasteiger partial charge in [-0.25, -0.2) is 14.6 Å². The molecule has 5 heterocycles. The average Bonchev–Trinajstić information content (AvgIpc) is 0.749. The molecule has 1 aliphatic carbocycles. The van der Waals surface area contributed by atoms with E-state index in [-0.39, 0.29) is 52.8 Å². The lowest BCUT2D eigenvalue weighted by Crippen LogP contribution is -2.86. The van der Waals surface area contributed by atoms with Crippen molar-refractivity contribution in [2.45, 2.75) is 124 Å². The fourth-order valence-electron chi connectivity index (χ4n) is 11.7. The summed E-state index contributed by atoms with van der Waals surface area (Å²) in [4.78, 5) is 80.0. The number of aromatic amines is 1. The molecule has 3 aromatic carbocycles. The molecule has 12 unspecified atom stereocenters. The summed E-state index contributed by atoms with van der Waals surface area (Å²) in [5, 5.41) is 103. The number of phenols is 1. The first-order valence-corrected chi connectivity index (χ1v) is 27.5. The Morgan fingerprint density at radius 3 is 2.44 bits per heavy atom. The lowest BCUT2D eigenvalue weighted by atomic mass is 9.66. The number of aliphatic carboxylic acids is 1. The molecule has 0 bridgehead atoms. The van der Waals surface area contributed by atoms with E-state index in [2.05, 4.69) is 25.9 Å². The number of nitrogens with two attached hydrogens (primary N) is 1. The number of H-pyrrole nitrogens is 1. The third-order valence-electron chi connectivity index (χ3n) is 15.8. The molecule has 9 rings (SSSR count). The molecule has 448 valence electrons. The Kier molecular flexibility index (Phi) is 18.4. The van der Waals surface area contributed by atoms with Gasteiger partial charge in [-0.2, -0.15) is 4.73 Å². The molecule has 1 saturated carbocycles. The summed E-state index contributed by atoms with van der Waals surface area (Å²) in [6, 6.07) is 12.6. The van der Waals surface area contributed by atoms with Crippen LogP contribution in [0.25, 0.3) is 44.3 Å². The summed E-state index contributed by atoms with van der Waals surface area (Å²) >= 11 is 0. The number of phenolic OH excluding ortho intramolecular Hbond substituents is 1. The molecule has 0 spiro atoms. The maximum Gasteiger partial charge on any atom is 0.337 e. The first-order chi connectivity index (χ1) is 40.3. The SMILES string of the molecule is Cc1cc(C)cc(-c2c3[nH]ccc3cn2OC2C(Oc3ccc4c(=O)c(-c5ccc(O)cc5)coc4c3)OC(C(CO)(NC(N)=NC(C=O)C3C=CC4CCCCC4N3)OC(=O)C(NCCC=O)C(=O)O)C(O)(CO)C2(O)C(O)CCCO)c1. The van der Waals surface area contributed by atoms with Crippen molar-refractivity contribution in [3.63, 3.8) is 0 Å². The number of esters is 1. The van der Waals surface area contributed by atoms with E-state index in [4.69, 9.17) is 29.2 Å². The molecule has 12 atom stereocenters. The number of nitrogens with zero attached hydrogens (tertiary/aromatic N) is 2. The molecule has 2 aliphatic heterocycles. The van der Waals surface area contributed by atoms with Crippen molar-refractivity contribution < 1.29 is 83.5 Å². The van der Waals surface area contributed by atoms with Gasteiger partial charge in [0.15, 0.2) is 28.7 Å². The van der Waals surface area contributed by atoms with Crippen LogP contribution in [0.15, 0.2) is 112 Å². The van der Waals surface area contributed by atoms with Crippen LogP contribution < -0.4 is 36.7 Å². The molecule has 2 fully saturated rings. The maximum atomic E-state index is 14.5. The second kappa shape index (κ2) is 25.5. The molecule has 25 heteroatoms. The second-order valence-electron chi connectivity index (χ2n) is 21.5. The van der Waals surface area contributed by atoms with Gasteiger partial charge < -0.3 is 95.3 Å². The van der Waals surface area contributed by atoms with Gasteiger partial charge in [-0.05, 0) is 93.5 Å². The Labute approximate surface area is 480 Å². The van der Waals surface area contributed by atoms with Crippen molar-refractivity contribution in [2.75, 3.05) is 26.4 Å². The van der Waals surface area contributed by atoms with Crippen molar-refractivity contribution in [1.29, 1.82) is 0 Å². The number of carboxylic acids is 1. The zero-order valence-corrected chi connectivity index (χ0v) is 46.0. The van der Waals surface area contributed by atoms with E-state index in [9.17, 15) is 64.8 Å². The van der Waals surface area contributed by atoms with Crippen LogP contribution in [-0.4, -0.2) is 173 Å². The third-order valence-corrected chi connectivity index (χ3v) is 15.8. The molecule has 1 saturated heterocycles. The number of aromatic nitrogens is 2. The lowest BCUT2D eigenvalue weighted by Gasteiger charge is -2.59. The van der Waals surface area contributed by atoms with Crippen LogP contribution in [0.2, 0.25) is 0 Å². The molecule has 3 aliphatic rings. The van der Waals surface area contributed by atoms with Gasteiger partial charge in [-0.3, -0.25) is 10.1 Å². The zero-order valence-electron chi connectivity index (χ0n) is 46.0. The van der Waals surface area contributed by atoms with Gasteiger partial charge in [0, 0.05) is 48.8 Å². The van der Waals surface area contributed by atoms with Gasteiger partial charge in [-0.15, -0.1) is 0 Å². The highest BCUT2D eigenvalue weighted by Crippen LogP contribution is 2.47. The van der Waals surface area contributed by atoms with Gasteiger partial charge in [0.05, 0.1) is 41.4 Å². The first-order valence-electron chi connectivity index (χ1n) is 27.5. The predicted molar refractivity (Wildman–Crippen MR) is 302 cm³/mol. The van der Waals surface area contributed by atoms with E-state index in [0.29, 0.717) is 40.3 Å². The van der Waals surface area contributed by atoms with Crippen molar-refractivity contribution in [2.24, 2.45) is 16.6 Å². The van der Waals surface area contributed by atoms with Gasteiger partial charge in [0.1, 0.15) is 54.3 Å². The highest BCUT2D eigenvalue weighted by Gasteiger charge is 2.75. The number of aryl methyl sites for hydroxylation is 2. The number of benzene rings is 3. The molecule has 14 N–H and O–H groups in total. The number of guanidine groups is 1. The molecule has 84 heavy (non-hydrogen) atoms. The van der Waals surface area contributed by atoms with Crippen LogP contribution in [0, 0.1) is 19.8 Å². The van der Waals surface area contributed by atoms with Crippen LogP contribution in [0.1, 0.15) is 56.1 Å². The topological polar surface area (TPSA) is 392 Å². The number of carbonyl (C=O) groups is 4. The Balaban J connectivity index is 1.23. The summed E-state index contributed by atoms with van der Waals surface area (Å²) in [6.45, 7) is -0.522. The number of aliphatic imine (C=N–C) groups is 1. The van der Waals surface area contributed by atoms with Crippen LogP contribution >= 0.6 is 0 Å². The van der Waals surface area contributed by atoms with E-state index in [1.165, 1.54) is 59.7 Å². The largest absolute Gasteiger partial charge is 0.508 e. The van der Waals surface area contributed by atoms with Crippen molar-refractivity contribution in [1.82, 2.24) is 25.7 Å². The van der Waals surface area contributed by atoms with Gasteiger partial charge >= 0.3 is 11.9 Å². The monoisotopic (exact) mass is 1160 g/mol. The fourth-order valence-corrected chi connectivity index (χ4v) is 11.7. The van der Waals surface area contributed by atoms with Gasteiger partial charge in [-0.1, -0.05) is 54.3 Å². The smallest absolute Gasteiger partial charge is 0.337 e. The number of rotatable bonds is 24. The molecular formula is C59H69N7O18. The number of hydrogen-bond acceptors (Lipinski definition) is 20. The van der Waals surface area contributed by atoms with E-state index in [0.717, 1.165) is 36.8 Å². The van der Waals surface area contributed by atoms with E-state index >= 15 is 0 Å². The number of aromatic hydroxyl groups is 1. The molecule has 3 aromatic heterocycles. The molecule has 6 aromatic rings. The number of aliphatic hydroxyl groups is 6. The number of ether oxygens (including phenoxy) is 3. The maximum absolute atomic E-state index is 14.5. The highest BCUT2D eigenvalue weighted by atomic mass is 16.8. The number of carboxylic acid groups (broad SMARTS) is 1. The number of nitrogens with one attached hydrogen (secondary N) is 4. The quantitative estimate of drug-likeness (QED) is 0.00594. The Bertz CT molecular complexity index is 3450. The summed E-state index contributed by atoms with van der Waals surface area (Å²) < 4.78 is 26.4. The zero-order chi connectivity index (χ0) is 60.1. The minimum atomic E-state index is -3.52. The minimum absolute atomic E-state index is 0.0196. The number of carbonyl (C=O) groups excluding carboxylic acids is 3. The second-order valence-corrected chi connectivity index (χ2v) is 21.5. The molecule has 0 amide bonds. The molecular weight excluding hydrogens is 1090 g/mol.